The van der Waals surface area contributed by atoms with Crippen molar-refractivity contribution in [1.29, 1.82) is 0 Å². The van der Waals surface area contributed by atoms with Gasteiger partial charge in [-0.15, -0.1) is 0 Å². The maximum absolute atomic E-state index is 5.55. The smallest absolute Gasteiger partial charge is 0.177 e. The SMILES string of the molecule is S=c1[nH]ccn1CCOc1ccccc1. The van der Waals surface area contributed by atoms with Gasteiger partial charge in [0, 0.05) is 12.4 Å². The van der Waals surface area contributed by atoms with Crippen molar-refractivity contribution in [3.63, 3.8) is 0 Å². The molecule has 0 unspecified atom stereocenters. The van der Waals surface area contributed by atoms with E-state index in [2.05, 4.69) is 4.98 Å². The lowest BCUT2D eigenvalue weighted by molar-refractivity contribution is 0.297. The highest BCUT2D eigenvalue weighted by Crippen LogP contribution is 2.07. The molecule has 1 N–H and O–H groups in total. The standard InChI is InChI=1S/C11H12N2OS/c15-11-12-6-7-13(11)8-9-14-10-4-2-1-3-5-10/h1-7H,8-9H2,(H,12,15). The third-order valence-electron chi connectivity index (χ3n) is 2.07. The fourth-order valence-corrected chi connectivity index (χ4v) is 1.52. The Balaban J connectivity index is 1.86. The topological polar surface area (TPSA) is 29.9 Å². The van der Waals surface area contributed by atoms with E-state index in [9.17, 15) is 0 Å². The van der Waals surface area contributed by atoms with E-state index in [-0.39, 0.29) is 0 Å². The van der Waals surface area contributed by atoms with E-state index < -0.39 is 0 Å². The van der Waals surface area contributed by atoms with Gasteiger partial charge in [-0.1, -0.05) is 18.2 Å². The van der Waals surface area contributed by atoms with Gasteiger partial charge in [0.2, 0.25) is 0 Å². The van der Waals surface area contributed by atoms with Crippen molar-refractivity contribution in [3.05, 3.63) is 47.5 Å². The van der Waals surface area contributed by atoms with E-state index in [0.29, 0.717) is 6.61 Å². The molecule has 2 rings (SSSR count). The van der Waals surface area contributed by atoms with Crippen LogP contribution in [0.15, 0.2) is 42.7 Å². The van der Waals surface area contributed by atoms with E-state index in [4.69, 9.17) is 17.0 Å². The summed E-state index contributed by atoms with van der Waals surface area (Å²) in [4.78, 5) is 2.94. The van der Waals surface area contributed by atoms with Crippen molar-refractivity contribution in [2.24, 2.45) is 0 Å². The largest absolute Gasteiger partial charge is 0.492 e. The van der Waals surface area contributed by atoms with Gasteiger partial charge < -0.3 is 14.3 Å². The first kappa shape index (κ1) is 9.98. The molecule has 0 aliphatic carbocycles. The highest BCUT2D eigenvalue weighted by molar-refractivity contribution is 7.71. The first-order valence-corrected chi connectivity index (χ1v) is 5.19. The summed E-state index contributed by atoms with van der Waals surface area (Å²) in [5.74, 6) is 0.888. The summed E-state index contributed by atoms with van der Waals surface area (Å²) in [5.41, 5.74) is 0. The van der Waals surface area contributed by atoms with Gasteiger partial charge in [-0.05, 0) is 24.4 Å². The minimum atomic E-state index is 0.621. The predicted molar refractivity (Wildman–Crippen MR) is 61.6 cm³/mol. The molecule has 3 nitrogen and oxygen atoms in total. The van der Waals surface area contributed by atoms with Gasteiger partial charge >= 0.3 is 0 Å². The number of nitrogens with zero attached hydrogens (tertiary/aromatic N) is 1. The van der Waals surface area contributed by atoms with Crippen LogP contribution in [-0.2, 0) is 6.54 Å². The molecule has 1 aromatic heterocycles. The van der Waals surface area contributed by atoms with Crippen molar-refractivity contribution in [2.75, 3.05) is 6.61 Å². The van der Waals surface area contributed by atoms with Gasteiger partial charge in [0.05, 0.1) is 6.54 Å². The zero-order valence-corrected chi connectivity index (χ0v) is 9.04. The quantitative estimate of drug-likeness (QED) is 0.803. The second-order valence-corrected chi connectivity index (χ2v) is 3.51. The fraction of sp³-hybridized carbons (Fsp3) is 0.182. The maximum Gasteiger partial charge on any atom is 0.177 e. The molecule has 0 saturated heterocycles. The average molecular weight is 220 g/mol. The number of aromatic nitrogens is 2. The van der Waals surface area contributed by atoms with Crippen LogP contribution in [0, 0.1) is 4.77 Å². The fourth-order valence-electron chi connectivity index (χ4n) is 1.30. The van der Waals surface area contributed by atoms with Crippen molar-refractivity contribution in [2.45, 2.75) is 6.54 Å². The number of hydrogen-bond donors (Lipinski definition) is 1. The first-order valence-electron chi connectivity index (χ1n) is 4.78. The summed E-state index contributed by atoms with van der Waals surface area (Å²) in [6.07, 6.45) is 3.74. The number of ether oxygens (including phenoxy) is 1. The van der Waals surface area contributed by atoms with Gasteiger partial charge in [-0.3, -0.25) is 0 Å². The van der Waals surface area contributed by atoms with Crippen LogP contribution in [0.25, 0.3) is 0 Å². The number of benzene rings is 1. The Morgan fingerprint density at radius 1 is 1.27 bits per heavy atom. The second-order valence-electron chi connectivity index (χ2n) is 3.12. The Morgan fingerprint density at radius 2 is 2.07 bits per heavy atom. The second kappa shape index (κ2) is 4.79. The summed E-state index contributed by atoms with van der Waals surface area (Å²) in [6.45, 7) is 1.38. The molecule has 0 radical (unpaired) electrons. The molecule has 1 aromatic carbocycles. The molecule has 0 spiro atoms. The van der Waals surface area contributed by atoms with Crippen molar-refractivity contribution >= 4 is 12.2 Å². The van der Waals surface area contributed by atoms with Crippen molar-refractivity contribution in [3.8, 4) is 5.75 Å². The molecule has 0 aliphatic heterocycles. The lowest BCUT2D eigenvalue weighted by Crippen LogP contribution is -2.07. The van der Waals surface area contributed by atoms with Gasteiger partial charge in [-0.2, -0.15) is 0 Å². The zero-order chi connectivity index (χ0) is 10.5. The Labute approximate surface area is 93.3 Å². The van der Waals surface area contributed by atoms with Crippen LogP contribution in [-0.4, -0.2) is 16.2 Å². The van der Waals surface area contributed by atoms with Gasteiger partial charge in [0.1, 0.15) is 12.4 Å². The van der Waals surface area contributed by atoms with E-state index in [1.165, 1.54) is 0 Å². The lowest BCUT2D eigenvalue weighted by atomic mass is 10.3. The highest BCUT2D eigenvalue weighted by Gasteiger charge is 1.94. The van der Waals surface area contributed by atoms with Crippen LogP contribution in [0.2, 0.25) is 0 Å². The number of aromatic amines is 1. The molecule has 1 heterocycles. The van der Waals surface area contributed by atoms with E-state index in [0.717, 1.165) is 17.1 Å². The number of nitrogens with one attached hydrogen (secondary N) is 1. The molecule has 0 saturated carbocycles. The minimum absolute atomic E-state index is 0.621. The third kappa shape index (κ3) is 2.70. The predicted octanol–water partition coefficient (Wildman–Crippen LogP) is 2.62. The number of hydrogen-bond acceptors (Lipinski definition) is 2. The Hall–Kier alpha value is -1.55. The van der Waals surface area contributed by atoms with Gasteiger partial charge in [-0.25, -0.2) is 0 Å². The van der Waals surface area contributed by atoms with E-state index in [1.54, 1.807) is 0 Å². The van der Waals surface area contributed by atoms with Crippen molar-refractivity contribution < 1.29 is 4.74 Å². The molecule has 4 heteroatoms. The molecule has 2 aromatic rings. The summed E-state index contributed by atoms with van der Waals surface area (Å²) < 4.78 is 8.22. The van der Waals surface area contributed by atoms with Crippen LogP contribution in [0.4, 0.5) is 0 Å². The van der Waals surface area contributed by atoms with Crippen LogP contribution >= 0.6 is 12.2 Å². The molecule has 0 bridgehead atoms. The molecule has 0 atom stereocenters. The number of imidazole rings is 1. The number of para-hydroxylation sites is 1. The van der Waals surface area contributed by atoms with Crippen LogP contribution in [0.5, 0.6) is 5.75 Å². The lowest BCUT2D eigenvalue weighted by Gasteiger charge is -2.05. The minimum Gasteiger partial charge on any atom is -0.492 e. The zero-order valence-electron chi connectivity index (χ0n) is 8.22. The monoisotopic (exact) mass is 220 g/mol. The number of H-pyrrole nitrogens is 1. The normalized spacial score (nSPS) is 10.1. The van der Waals surface area contributed by atoms with Crippen LogP contribution in [0.1, 0.15) is 0 Å². The summed E-state index contributed by atoms with van der Waals surface area (Å²) in [5, 5.41) is 0. The summed E-state index contributed by atoms with van der Waals surface area (Å²) in [7, 11) is 0. The molecule has 0 amide bonds. The van der Waals surface area contributed by atoms with Gasteiger partial charge in [0.15, 0.2) is 4.77 Å². The first-order chi connectivity index (χ1) is 7.36. The molecule has 15 heavy (non-hydrogen) atoms. The van der Waals surface area contributed by atoms with Gasteiger partial charge in [0.25, 0.3) is 0 Å². The number of rotatable bonds is 4. The molecular formula is C11H12N2OS. The Bertz CT molecular complexity index is 461. The van der Waals surface area contributed by atoms with E-state index >= 15 is 0 Å². The van der Waals surface area contributed by atoms with Crippen LogP contribution < -0.4 is 4.74 Å². The van der Waals surface area contributed by atoms with Crippen LogP contribution in [0.3, 0.4) is 0 Å². The van der Waals surface area contributed by atoms with E-state index in [1.807, 2.05) is 47.3 Å². The maximum atomic E-state index is 5.55. The summed E-state index contributed by atoms with van der Waals surface area (Å²) in [6, 6.07) is 9.76. The molecular weight excluding hydrogens is 208 g/mol. The third-order valence-corrected chi connectivity index (χ3v) is 2.42. The van der Waals surface area contributed by atoms with Crippen molar-refractivity contribution in [1.82, 2.24) is 9.55 Å². The Morgan fingerprint density at radius 3 is 2.73 bits per heavy atom. The Kier molecular flexibility index (Phi) is 3.19. The summed E-state index contributed by atoms with van der Waals surface area (Å²) >= 11 is 5.07. The molecule has 0 fully saturated rings. The average Bonchev–Trinajstić information content (AvgIpc) is 2.66. The molecule has 0 aliphatic rings. The highest BCUT2D eigenvalue weighted by atomic mass is 32.1. The molecule has 78 valence electrons.